The van der Waals surface area contributed by atoms with E-state index >= 15 is 0 Å². The van der Waals surface area contributed by atoms with Crippen LogP contribution in [0.3, 0.4) is 0 Å². The van der Waals surface area contributed by atoms with Crippen LogP contribution in [-0.2, 0) is 0 Å². The summed E-state index contributed by atoms with van der Waals surface area (Å²) in [6.45, 7) is 0. The zero-order valence-corrected chi connectivity index (χ0v) is 27.3. The summed E-state index contributed by atoms with van der Waals surface area (Å²) in [5, 5.41) is 5.67. The fourth-order valence-electron chi connectivity index (χ4n) is 7.55. The molecule has 0 radical (unpaired) electrons. The van der Waals surface area contributed by atoms with E-state index in [1.165, 1.54) is 48.8 Å². The van der Waals surface area contributed by atoms with Gasteiger partial charge in [0, 0.05) is 51.0 Å². The molecule has 4 heteroatoms. The third-order valence-electron chi connectivity index (χ3n) is 9.86. The molecule has 232 valence electrons. The van der Waals surface area contributed by atoms with Crippen LogP contribution in [0.4, 0.5) is 11.4 Å². The molecule has 0 fully saturated rings. The fraction of sp³-hybridized carbons (Fsp3) is 0.0444. The highest BCUT2D eigenvalue weighted by Crippen LogP contribution is 2.55. The number of allylic oxidation sites excluding steroid dienone is 2. The average molecular weight is 647 g/mol. The molecule has 6 aromatic carbocycles. The third kappa shape index (κ3) is 4.71. The van der Waals surface area contributed by atoms with Gasteiger partial charge in [-0.2, -0.15) is 0 Å². The van der Waals surface area contributed by atoms with Crippen molar-refractivity contribution in [2.24, 2.45) is 0 Å². The van der Waals surface area contributed by atoms with Crippen molar-refractivity contribution in [3.63, 3.8) is 0 Å². The molecule has 0 bridgehead atoms. The summed E-state index contributed by atoms with van der Waals surface area (Å²) >= 11 is 2.00. The van der Waals surface area contributed by atoms with Crippen LogP contribution in [0, 0.1) is 0 Å². The number of hydrogen-bond acceptors (Lipinski definition) is 4. The molecule has 0 saturated heterocycles. The van der Waals surface area contributed by atoms with E-state index in [9.17, 15) is 0 Å². The molecule has 0 amide bonds. The van der Waals surface area contributed by atoms with E-state index in [-0.39, 0.29) is 5.25 Å². The Bertz CT molecular complexity index is 2550. The number of rotatable bonds is 5. The lowest BCUT2D eigenvalue weighted by molar-refractivity contribution is 0.631. The quantitative estimate of drug-likeness (QED) is 0.174. The first-order chi connectivity index (χ1) is 24.3. The first-order valence-corrected chi connectivity index (χ1v) is 17.6. The van der Waals surface area contributed by atoms with Gasteiger partial charge in [-0.1, -0.05) is 97.1 Å². The Morgan fingerprint density at radius 3 is 1.96 bits per heavy atom. The molecular weight excluding hydrogens is 617 g/mol. The number of furan rings is 1. The van der Waals surface area contributed by atoms with Crippen molar-refractivity contribution >= 4 is 55.8 Å². The lowest BCUT2D eigenvalue weighted by Crippen LogP contribution is -2.20. The van der Waals surface area contributed by atoms with E-state index in [0.29, 0.717) is 5.92 Å². The number of pyridine rings is 1. The number of fused-ring (bicyclic) bond motifs is 9. The molecule has 3 heterocycles. The molecule has 10 rings (SSSR count). The van der Waals surface area contributed by atoms with Crippen LogP contribution >= 0.6 is 11.8 Å². The number of thioether (sulfide) groups is 1. The predicted octanol–water partition coefficient (Wildman–Crippen LogP) is 12.3. The lowest BCUT2D eigenvalue weighted by Gasteiger charge is -2.30. The second kappa shape index (κ2) is 11.4. The minimum Gasteiger partial charge on any atom is -0.454 e. The zero-order valence-electron chi connectivity index (χ0n) is 26.5. The van der Waals surface area contributed by atoms with Gasteiger partial charge < -0.3 is 9.32 Å². The minimum atomic E-state index is 0.289. The van der Waals surface area contributed by atoms with Crippen LogP contribution in [-0.4, -0.2) is 10.2 Å². The van der Waals surface area contributed by atoms with E-state index in [0.717, 1.165) is 33.8 Å². The second-order valence-corrected chi connectivity index (χ2v) is 13.9. The van der Waals surface area contributed by atoms with Crippen molar-refractivity contribution in [1.29, 1.82) is 0 Å². The zero-order chi connectivity index (χ0) is 32.3. The van der Waals surface area contributed by atoms with Crippen LogP contribution < -0.4 is 4.90 Å². The van der Waals surface area contributed by atoms with Gasteiger partial charge in [-0.15, -0.1) is 11.8 Å². The monoisotopic (exact) mass is 646 g/mol. The second-order valence-electron chi connectivity index (χ2n) is 12.7. The number of hydrogen-bond donors (Lipinski definition) is 0. The molecule has 3 nitrogen and oxygen atoms in total. The van der Waals surface area contributed by atoms with Crippen LogP contribution in [0.5, 0.6) is 0 Å². The normalized spacial score (nSPS) is 16.5. The molecule has 1 aliphatic heterocycles. The van der Waals surface area contributed by atoms with Crippen LogP contribution in [0.1, 0.15) is 11.5 Å². The molecule has 8 aromatic rings. The van der Waals surface area contributed by atoms with Gasteiger partial charge in [0.25, 0.3) is 0 Å². The van der Waals surface area contributed by atoms with Gasteiger partial charge in [0.05, 0.1) is 0 Å². The predicted molar refractivity (Wildman–Crippen MR) is 205 cm³/mol. The number of benzene rings is 6. The average Bonchev–Trinajstić information content (AvgIpc) is 3.78. The number of anilines is 2. The molecule has 1 aliphatic carbocycles. The van der Waals surface area contributed by atoms with E-state index in [1.54, 1.807) is 6.20 Å². The minimum absolute atomic E-state index is 0.289. The molecule has 2 unspecified atom stereocenters. The smallest absolute Gasteiger partial charge is 0.153 e. The Kier molecular flexibility index (Phi) is 6.56. The van der Waals surface area contributed by atoms with E-state index < -0.39 is 0 Å². The SMILES string of the molecule is C1=CC2c3c(c4ccccc4c4ccccc34)SC2C=C1N(c1ccc(-c2ccccc2)cc1)c1ccc(-c2cc3ncccc3o2)cc1. The van der Waals surface area contributed by atoms with Gasteiger partial charge in [-0.25, -0.2) is 0 Å². The van der Waals surface area contributed by atoms with E-state index in [2.05, 4.69) is 156 Å². The molecule has 0 spiro atoms. The maximum absolute atomic E-state index is 6.15. The van der Waals surface area contributed by atoms with Crippen molar-refractivity contribution in [1.82, 2.24) is 4.98 Å². The van der Waals surface area contributed by atoms with Gasteiger partial charge in [0.15, 0.2) is 5.58 Å². The largest absolute Gasteiger partial charge is 0.454 e. The van der Waals surface area contributed by atoms with Gasteiger partial charge in [0.2, 0.25) is 0 Å². The van der Waals surface area contributed by atoms with Gasteiger partial charge in [-0.05, 0) is 98.9 Å². The van der Waals surface area contributed by atoms with E-state index in [1.807, 2.05) is 30.0 Å². The first kappa shape index (κ1) is 28.2. The van der Waals surface area contributed by atoms with Gasteiger partial charge >= 0.3 is 0 Å². The van der Waals surface area contributed by atoms with Crippen molar-refractivity contribution in [2.45, 2.75) is 16.1 Å². The molecule has 2 atom stereocenters. The summed E-state index contributed by atoms with van der Waals surface area (Å²) in [6.07, 6.45) is 9.03. The maximum atomic E-state index is 6.15. The van der Waals surface area contributed by atoms with Crippen LogP contribution in [0.25, 0.3) is 55.1 Å². The highest BCUT2D eigenvalue weighted by atomic mass is 32.2. The highest BCUT2D eigenvalue weighted by molar-refractivity contribution is 8.00. The number of aromatic nitrogens is 1. The van der Waals surface area contributed by atoms with Gasteiger partial charge in [0.1, 0.15) is 11.3 Å². The third-order valence-corrected chi connectivity index (χ3v) is 11.2. The molecule has 49 heavy (non-hydrogen) atoms. The Labute approximate surface area is 288 Å². The molecule has 0 N–H and O–H groups in total. The Morgan fingerprint density at radius 2 is 1.22 bits per heavy atom. The summed E-state index contributed by atoms with van der Waals surface area (Å²) < 4.78 is 6.15. The first-order valence-electron chi connectivity index (χ1n) is 16.7. The Morgan fingerprint density at radius 1 is 0.592 bits per heavy atom. The molecule has 2 aromatic heterocycles. The topological polar surface area (TPSA) is 29.3 Å². The number of nitrogens with zero attached hydrogens (tertiary/aromatic N) is 2. The summed E-state index contributed by atoms with van der Waals surface area (Å²) in [7, 11) is 0. The van der Waals surface area contributed by atoms with Gasteiger partial charge in [-0.3, -0.25) is 4.98 Å². The van der Waals surface area contributed by atoms with Crippen LogP contribution in [0.2, 0.25) is 0 Å². The van der Waals surface area contributed by atoms with Crippen molar-refractivity contribution in [3.8, 4) is 22.5 Å². The maximum Gasteiger partial charge on any atom is 0.153 e. The summed E-state index contributed by atoms with van der Waals surface area (Å²) in [4.78, 5) is 8.25. The summed E-state index contributed by atoms with van der Waals surface area (Å²) in [5.74, 6) is 1.13. The fourth-order valence-corrected chi connectivity index (χ4v) is 9.08. The molecule has 2 aliphatic rings. The summed E-state index contributed by atoms with van der Waals surface area (Å²) in [5.41, 5.74) is 9.94. The van der Waals surface area contributed by atoms with Crippen molar-refractivity contribution < 1.29 is 4.42 Å². The molecular formula is C45H30N2OS. The Hall–Kier alpha value is -5.84. The van der Waals surface area contributed by atoms with E-state index in [4.69, 9.17) is 4.42 Å². The van der Waals surface area contributed by atoms with Crippen molar-refractivity contribution in [3.05, 3.63) is 181 Å². The molecule has 0 saturated carbocycles. The highest BCUT2D eigenvalue weighted by Gasteiger charge is 2.36. The van der Waals surface area contributed by atoms with Crippen molar-refractivity contribution in [2.75, 3.05) is 4.90 Å². The summed E-state index contributed by atoms with van der Waals surface area (Å²) in [6, 6.07) is 51.8. The Balaban J connectivity index is 1.06. The standard InChI is InChI=1S/C45H30N2OS/c1-2-9-29(10-3-1)30-16-20-32(21-17-30)47(33-22-18-31(19-23-33)42-28-40-41(48-42)15-8-26-46-40)34-24-25-39-43(27-34)49-45-38-14-7-5-12-36(38)35-11-4-6-13-37(35)44(39)45/h1-28,39,43H. The lowest BCUT2D eigenvalue weighted by atomic mass is 9.86. The van der Waals surface area contributed by atoms with Crippen LogP contribution in [0.15, 0.2) is 185 Å².